The number of aromatic nitrogens is 4. The lowest BCUT2D eigenvalue weighted by molar-refractivity contribution is 0.756. The molecule has 2 rings (SSSR count). The van der Waals surface area contributed by atoms with Crippen molar-refractivity contribution in [1.29, 1.82) is 0 Å². The van der Waals surface area contributed by atoms with Gasteiger partial charge in [-0.3, -0.25) is 4.68 Å². The first-order chi connectivity index (χ1) is 8.11. The zero-order chi connectivity index (χ0) is 12.4. The van der Waals surface area contributed by atoms with E-state index in [1.807, 2.05) is 38.1 Å². The van der Waals surface area contributed by atoms with Crippen LogP contribution in [0.1, 0.15) is 17.0 Å². The van der Waals surface area contributed by atoms with E-state index < -0.39 is 0 Å². The summed E-state index contributed by atoms with van der Waals surface area (Å²) in [5.41, 5.74) is 3.02. The largest absolute Gasteiger partial charge is 0.333 e. The number of aryl methyl sites for hydroxylation is 2. The normalized spacial score (nSPS) is 11.1. The van der Waals surface area contributed by atoms with E-state index in [1.54, 1.807) is 4.68 Å². The van der Waals surface area contributed by atoms with Crippen LogP contribution in [-0.4, -0.2) is 26.4 Å². The third kappa shape index (κ3) is 2.50. The van der Waals surface area contributed by atoms with Crippen LogP contribution in [0.2, 0.25) is 5.15 Å². The summed E-state index contributed by atoms with van der Waals surface area (Å²) in [4.78, 5) is 4.30. The summed E-state index contributed by atoms with van der Waals surface area (Å²) in [7, 11) is 3.75. The molecule has 0 atom stereocenters. The smallest absolute Gasteiger partial charge is 0.131 e. The van der Waals surface area contributed by atoms with Crippen LogP contribution in [0.15, 0.2) is 12.5 Å². The van der Waals surface area contributed by atoms with Gasteiger partial charge >= 0.3 is 0 Å². The van der Waals surface area contributed by atoms with Crippen molar-refractivity contribution in [2.75, 3.05) is 7.05 Å². The third-order valence-corrected chi connectivity index (χ3v) is 3.13. The second-order valence-electron chi connectivity index (χ2n) is 4.05. The van der Waals surface area contributed by atoms with Gasteiger partial charge in [-0.25, -0.2) is 4.98 Å². The third-order valence-electron chi connectivity index (χ3n) is 2.66. The van der Waals surface area contributed by atoms with E-state index in [1.165, 1.54) is 0 Å². The van der Waals surface area contributed by atoms with Crippen molar-refractivity contribution in [1.82, 2.24) is 24.6 Å². The number of hydrogen-bond acceptors (Lipinski definition) is 3. The molecule has 0 spiro atoms. The van der Waals surface area contributed by atoms with Gasteiger partial charge in [0.05, 0.1) is 24.3 Å². The van der Waals surface area contributed by atoms with Crippen LogP contribution >= 0.6 is 11.6 Å². The molecular weight excluding hydrogens is 238 g/mol. The molecule has 5 nitrogen and oxygen atoms in total. The maximum atomic E-state index is 6.19. The molecule has 0 fully saturated rings. The second kappa shape index (κ2) is 4.89. The van der Waals surface area contributed by atoms with Crippen LogP contribution in [0, 0.1) is 6.92 Å². The first kappa shape index (κ1) is 12.1. The Kier molecular flexibility index (Phi) is 3.49. The van der Waals surface area contributed by atoms with E-state index in [-0.39, 0.29) is 0 Å². The fourth-order valence-electron chi connectivity index (χ4n) is 1.80. The van der Waals surface area contributed by atoms with Gasteiger partial charge in [-0.05, 0) is 14.0 Å². The Morgan fingerprint density at radius 3 is 2.82 bits per heavy atom. The minimum absolute atomic E-state index is 0.686. The molecule has 6 heteroatoms. The van der Waals surface area contributed by atoms with Gasteiger partial charge in [0.25, 0.3) is 0 Å². The van der Waals surface area contributed by atoms with Crippen LogP contribution in [0.5, 0.6) is 0 Å². The monoisotopic (exact) mass is 253 g/mol. The van der Waals surface area contributed by atoms with Crippen molar-refractivity contribution in [3.8, 4) is 0 Å². The molecule has 0 saturated heterocycles. The molecule has 0 amide bonds. The molecule has 0 aliphatic heterocycles. The summed E-state index contributed by atoms with van der Waals surface area (Å²) in [6.45, 7) is 3.44. The lowest BCUT2D eigenvalue weighted by Crippen LogP contribution is -2.05. The average Bonchev–Trinajstić information content (AvgIpc) is 2.81. The zero-order valence-electron chi connectivity index (χ0n) is 10.2. The predicted octanol–water partition coefficient (Wildman–Crippen LogP) is 1.35. The van der Waals surface area contributed by atoms with Crippen LogP contribution in [0.4, 0.5) is 0 Å². The standard InChI is InChI=1S/C11H16ClN5/c1-8-10(11(12)16(3)15-8)6-17-5-9(4-13-2)14-7-17/h5,7,13H,4,6H2,1-3H3. The van der Waals surface area contributed by atoms with Crippen molar-refractivity contribution >= 4 is 11.6 Å². The van der Waals surface area contributed by atoms with Crippen LogP contribution in [0.3, 0.4) is 0 Å². The van der Waals surface area contributed by atoms with Gasteiger partial charge in [0, 0.05) is 25.4 Å². The van der Waals surface area contributed by atoms with Gasteiger partial charge in [-0.15, -0.1) is 0 Å². The molecule has 0 unspecified atom stereocenters. The van der Waals surface area contributed by atoms with Crippen molar-refractivity contribution in [3.63, 3.8) is 0 Å². The van der Waals surface area contributed by atoms with Crippen molar-refractivity contribution in [3.05, 3.63) is 34.6 Å². The number of nitrogens with one attached hydrogen (secondary N) is 1. The Labute approximate surface area is 105 Å². The number of nitrogens with zero attached hydrogens (tertiary/aromatic N) is 4. The molecule has 17 heavy (non-hydrogen) atoms. The summed E-state index contributed by atoms with van der Waals surface area (Å²) in [5, 5.41) is 8.04. The Hall–Kier alpha value is -1.33. The highest BCUT2D eigenvalue weighted by molar-refractivity contribution is 6.30. The molecule has 0 saturated carbocycles. The second-order valence-corrected chi connectivity index (χ2v) is 4.40. The topological polar surface area (TPSA) is 47.7 Å². The minimum atomic E-state index is 0.686. The Morgan fingerprint density at radius 2 is 2.24 bits per heavy atom. The molecule has 92 valence electrons. The maximum Gasteiger partial charge on any atom is 0.131 e. The highest BCUT2D eigenvalue weighted by Gasteiger charge is 2.11. The van der Waals surface area contributed by atoms with Crippen LogP contribution in [-0.2, 0) is 20.1 Å². The molecule has 0 radical (unpaired) electrons. The molecule has 2 aromatic rings. The van der Waals surface area contributed by atoms with Gasteiger partial charge < -0.3 is 9.88 Å². The lowest BCUT2D eigenvalue weighted by atomic mass is 10.2. The molecule has 1 N–H and O–H groups in total. The lowest BCUT2D eigenvalue weighted by Gasteiger charge is -2.01. The maximum absolute atomic E-state index is 6.19. The van der Waals surface area contributed by atoms with Gasteiger partial charge in [-0.1, -0.05) is 11.6 Å². The molecule has 0 bridgehead atoms. The number of imidazole rings is 1. The molecular formula is C11H16ClN5. The first-order valence-corrected chi connectivity index (χ1v) is 5.83. The van der Waals surface area contributed by atoms with Crippen molar-refractivity contribution in [2.24, 2.45) is 7.05 Å². The Bertz CT molecular complexity index is 514. The summed E-state index contributed by atoms with van der Waals surface area (Å²) >= 11 is 6.19. The minimum Gasteiger partial charge on any atom is -0.333 e. The van der Waals surface area contributed by atoms with Gasteiger partial charge in [-0.2, -0.15) is 5.10 Å². The number of hydrogen-bond donors (Lipinski definition) is 1. The highest BCUT2D eigenvalue weighted by atomic mass is 35.5. The SMILES string of the molecule is CNCc1cn(Cc2c(C)nn(C)c2Cl)cn1. The summed E-state index contributed by atoms with van der Waals surface area (Å²) < 4.78 is 3.71. The molecule has 2 heterocycles. The van der Waals surface area contributed by atoms with Gasteiger partial charge in [0.15, 0.2) is 0 Å². The fraction of sp³-hybridized carbons (Fsp3) is 0.455. The first-order valence-electron chi connectivity index (χ1n) is 5.45. The van der Waals surface area contributed by atoms with Crippen molar-refractivity contribution in [2.45, 2.75) is 20.0 Å². The van der Waals surface area contributed by atoms with Crippen molar-refractivity contribution < 1.29 is 0 Å². The van der Waals surface area contributed by atoms with Gasteiger partial charge in [0.2, 0.25) is 0 Å². The van der Waals surface area contributed by atoms with E-state index in [2.05, 4.69) is 15.4 Å². The van der Waals surface area contributed by atoms with Gasteiger partial charge in [0.1, 0.15) is 5.15 Å². The van der Waals surface area contributed by atoms with E-state index in [9.17, 15) is 0 Å². The Balaban J connectivity index is 2.19. The zero-order valence-corrected chi connectivity index (χ0v) is 11.0. The van der Waals surface area contributed by atoms with E-state index in [0.717, 1.165) is 23.5 Å². The van der Waals surface area contributed by atoms with Crippen LogP contribution < -0.4 is 5.32 Å². The van der Waals surface area contributed by atoms with E-state index in [4.69, 9.17) is 11.6 Å². The predicted molar refractivity (Wildman–Crippen MR) is 67.0 cm³/mol. The fourth-order valence-corrected chi connectivity index (χ4v) is 2.04. The molecule has 0 aromatic carbocycles. The molecule has 0 aliphatic rings. The summed E-state index contributed by atoms with van der Waals surface area (Å²) in [6.07, 6.45) is 3.83. The van der Waals surface area contributed by atoms with Crippen LogP contribution in [0.25, 0.3) is 0 Å². The number of rotatable bonds is 4. The summed E-state index contributed by atoms with van der Waals surface area (Å²) in [6, 6.07) is 0. The van der Waals surface area contributed by atoms with E-state index in [0.29, 0.717) is 11.7 Å². The highest BCUT2D eigenvalue weighted by Crippen LogP contribution is 2.19. The molecule has 0 aliphatic carbocycles. The van der Waals surface area contributed by atoms with E-state index >= 15 is 0 Å². The Morgan fingerprint density at radius 1 is 1.47 bits per heavy atom. The average molecular weight is 254 g/mol. The summed E-state index contributed by atoms with van der Waals surface area (Å²) in [5.74, 6) is 0. The number of halogens is 1. The molecule has 2 aromatic heterocycles. The quantitative estimate of drug-likeness (QED) is 0.895.